The smallest absolute Gasteiger partial charge is 0.246 e. The van der Waals surface area contributed by atoms with Crippen molar-refractivity contribution in [3.8, 4) is 11.8 Å². The zero-order valence-corrected chi connectivity index (χ0v) is 12.0. The number of para-hydroxylation sites is 2. The second kappa shape index (κ2) is 4.85. The van der Waals surface area contributed by atoms with Crippen LogP contribution in [-0.4, -0.2) is 20.6 Å². The van der Waals surface area contributed by atoms with Crippen molar-refractivity contribution in [2.24, 2.45) is 5.92 Å². The summed E-state index contributed by atoms with van der Waals surface area (Å²) in [5.41, 5.74) is 2.37. The lowest BCUT2D eigenvalue weighted by atomic mass is 9.91. The number of carbonyl (C=O) groups excluding carboxylic acids is 1. The number of nitrogens with one attached hydrogen (secondary N) is 1. The number of hydrogen-bond acceptors (Lipinski definition) is 4. The minimum Gasteiger partial charge on any atom is -0.508 e. The van der Waals surface area contributed by atoms with Gasteiger partial charge in [0.25, 0.3) is 0 Å². The molecule has 0 radical (unpaired) electrons. The number of phenolic OH excluding ortho intramolecular Hbond substituents is 1. The molecule has 2 heterocycles. The molecule has 0 saturated carbocycles. The van der Waals surface area contributed by atoms with Gasteiger partial charge >= 0.3 is 0 Å². The van der Waals surface area contributed by atoms with E-state index in [1.807, 2.05) is 28.8 Å². The van der Waals surface area contributed by atoms with Crippen LogP contribution in [0.1, 0.15) is 11.6 Å². The maximum absolute atomic E-state index is 12.3. The van der Waals surface area contributed by atoms with Crippen LogP contribution in [0, 0.1) is 17.2 Å². The average molecular weight is 304 g/mol. The summed E-state index contributed by atoms with van der Waals surface area (Å²) in [6.07, 6.45) is 0. The number of benzene rings is 2. The Morgan fingerprint density at radius 2 is 1.91 bits per heavy atom. The molecule has 6 heteroatoms. The Bertz CT molecular complexity index is 953. The number of aromatic nitrogens is 2. The summed E-state index contributed by atoms with van der Waals surface area (Å²) in [4.78, 5) is 16.7. The van der Waals surface area contributed by atoms with E-state index in [0.29, 0.717) is 5.95 Å². The molecule has 0 bridgehead atoms. The summed E-state index contributed by atoms with van der Waals surface area (Å²) in [6.45, 7) is 0. The topological polar surface area (TPSA) is 90.9 Å². The van der Waals surface area contributed by atoms with Crippen LogP contribution in [0.4, 0.5) is 5.95 Å². The number of aromatic hydroxyl groups is 1. The van der Waals surface area contributed by atoms with Crippen LogP contribution in [-0.2, 0) is 4.79 Å². The number of amides is 1. The average Bonchev–Trinajstić information content (AvgIpc) is 2.92. The first-order chi connectivity index (χ1) is 11.2. The second-order valence-corrected chi connectivity index (χ2v) is 5.43. The summed E-state index contributed by atoms with van der Waals surface area (Å²) < 4.78 is 1.87. The van der Waals surface area contributed by atoms with E-state index in [-0.39, 0.29) is 11.7 Å². The van der Waals surface area contributed by atoms with Crippen LogP contribution in [0.15, 0.2) is 48.5 Å². The normalized spacial score (nSPS) is 19.9. The molecule has 1 amide bonds. The van der Waals surface area contributed by atoms with Crippen molar-refractivity contribution < 1.29 is 9.90 Å². The highest BCUT2D eigenvalue weighted by atomic mass is 16.3. The molecule has 4 rings (SSSR count). The van der Waals surface area contributed by atoms with Crippen LogP contribution >= 0.6 is 0 Å². The fourth-order valence-corrected chi connectivity index (χ4v) is 3.04. The summed E-state index contributed by atoms with van der Waals surface area (Å²) in [5, 5.41) is 21.7. The van der Waals surface area contributed by atoms with E-state index < -0.39 is 12.0 Å². The molecule has 0 spiro atoms. The van der Waals surface area contributed by atoms with E-state index in [1.54, 1.807) is 24.3 Å². The minimum atomic E-state index is -0.871. The molecule has 3 aromatic rings. The van der Waals surface area contributed by atoms with Crippen molar-refractivity contribution in [3.63, 3.8) is 0 Å². The lowest BCUT2D eigenvalue weighted by Crippen LogP contribution is -2.37. The minimum absolute atomic E-state index is 0.137. The molecule has 112 valence electrons. The van der Waals surface area contributed by atoms with Crippen molar-refractivity contribution in [2.75, 3.05) is 5.32 Å². The number of carbonyl (C=O) groups is 1. The Hall–Kier alpha value is -3.33. The van der Waals surface area contributed by atoms with Gasteiger partial charge in [0.15, 0.2) is 5.92 Å². The summed E-state index contributed by atoms with van der Waals surface area (Å²) >= 11 is 0. The van der Waals surface area contributed by atoms with Crippen LogP contribution in [0.25, 0.3) is 11.0 Å². The zero-order valence-electron chi connectivity index (χ0n) is 12.0. The van der Waals surface area contributed by atoms with Gasteiger partial charge in [-0.1, -0.05) is 24.3 Å². The Labute approximate surface area is 131 Å². The molecule has 1 aliphatic rings. The number of imidazole rings is 1. The van der Waals surface area contributed by atoms with E-state index in [2.05, 4.69) is 16.4 Å². The summed E-state index contributed by atoms with van der Waals surface area (Å²) in [5.74, 6) is -0.669. The summed E-state index contributed by atoms with van der Waals surface area (Å²) in [7, 11) is 0. The van der Waals surface area contributed by atoms with Crippen LogP contribution in [0.5, 0.6) is 5.75 Å². The fraction of sp³-hybridized carbons (Fsp3) is 0.118. The molecule has 2 unspecified atom stereocenters. The molecule has 1 aliphatic heterocycles. The van der Waals surface area contributed by atoms with E-state index in [9.17, 15) is 15.2 Å². The first-order valence-corrected chi connectivity index (χ1v) is 7.15. The van der Waals surface area contributed by atoms with Crippen LogP contribution < -0.4 is 5.32 Å². The van der Waals surface area contributed by atoms with Crippen LogP contribution in [0.3, 0.4) is 0 Å². The first kappa shape index (κ1) is 13.3. The number of anilines is 1. The standard InChI is InChI=1S/C17H12N4O2/c18-9-12-15(10-5-7-11(22)8-6-10)21-14-4-2-1-3-13(14)19-17(21)20-16(12)23/h1-8,12,15,22H,(H,19,20,23). The molecular weight excluding hydrogens is 292 g/mol. The maximum Gasteiger partial charge on any atom is 0.246 e. The predicted molar refractivity (Wildman–Crippen MR) is 83.7 cm³/mol. The monoisotopic (exact) mass is 304 g/mol. The Morgan fingerprint density at radius 1 is 1.17 bits per heavy atom. The van der Waals surface area contributed by atoms with Crippen molar-refractivity contribution >= 4 is 22.9 Å². The maximum atomic E-state index is 12.3. The molecule has 0 aliphatic carbocycles. The Morgan fingerprint density at radius 3 is 2.65 bits per heavy atom. The molecule has 6 nitrogen and oxygen atoms in total. The molecule has 0 fully saturated rings. The van der Waals surface area contributed by atoms with Gasteiger partial charge in [-0.05, 0) is 29.8 Å². The quantitative estimate of drug-likeness (QED) is 0.722. The molecule has 2 atom stereocenters. The predicted octanol–water partition coefficient (Wildman–Crippen LogP) is 2.42. The Balaban J connectivity index is 2.00. The second-order valence-electron chi connectivity index (χ2n) is 5.43. The van der Waals surface area contributed by atoms with E-state index >= 15 is 0 Å². The number of rotatable bonds is 1. The third-order valence-electron chi connectivity index (χ3n) is 4.08. The first-order valence-electron chi connectivity index (χ1n) is 7.15. The summed E-state index contributed by atoms with van der Waals surface area (Å²) in [6, 6.07) is 15.7. The van der Waals surface area contributed by atoms with Crippen LogP contribution in [0.2, 0.25) is 0 Å². The van der Waals surface area contributed by atoms with E-state index in [0.717, 1.165) is 16.6 Å². The van der Waals surface area contributed by atoms with Crippen molar-refractivity contribution in [2.45, 2.75) is 6.04 Å². The number of nitriles is 1. The lowest BCUT2D eigenvalue weighted by Gasteiger charge is -2.29. The van der Waals surface area contributed by atoms with Gasteiger partial charge in [0, 0.05) is 0 Å². The fourth-order valence-electron chi connectivity index (χ4n) is 3.04. The van der Waals surface area contributed by atoms with E-state index in [4.69, 9.17) is 0 Å². The highest BCUT2D eigenvalue weighted by molar-refractivity contribution is 5.97. The van der Waals surface area contributed by atoms with E-state index in [1.165, 1.54) is 0 Å². The van der Waals surface area contributed by atoms with Crippen molar-refractivity contribution in [3.05, 3.63) is 54.1 Å². The number of fused-ring (bicyclic) bond motifs is 3. The lowest BCUT2D eigenvalue weighted by molar-refractivity contribution is -0.119. The van der Waals surface area contributed by atoms with Gasteiger partial charge < -0.3 is 9.67 Å². The van der Waals surface area contributed by atoms with Gasteiger partial charge in [-0.3, -0.25) is 10.1 Å². The molecule has 1 aromatic heterocycles. The zero-order chi connectivity index (χ0) is 16.0. The van der Waals surface area contributed by atoms with Gasteiger partial charge in [0.2, 0.25) is 11.9 Å². The van der Waals surface area contributed by atoms with Gasteiger partial charge in [-0.25, -0.2) is 4.98 Å². The van der Waals surface area contributed by atoms with Gasteiger partial charge in [-0.2, -0.15) is 5.26 Å². The van der Waals surface area contributed by atoms with Gasteiger partial charge in [-0.15, -0.1) is 0 Å². The number of hydrogen-bond donors (Lipinski definition) is 2. The number of nitrogens with zero attached hydrogens (tertiary/aromatic N) is 3. The molecule has 2 aromatic carbocycles. The van der Waals surface area contributed by atoms with Gasteiger partial charge in [0.05, 0.1) is 23.1 Å². The molecule has 23 heavy (non-hydrogen) atoms. The van der Waals surface area contributed by atoms with Gasteiger partial charge in [0.1, 0.15) is 5.75 Å². The third-order valence-corrected chi connectivity index (χ3v) is 4.08. The highest BCUT2D eigenvalue weighted by Crippen LogP contribution is 2.37. The third kappa shape index (κ3) is 1.94. The molecule has 2 N–H and O–H groups in total. The number of phenols is 1. The van der Waals surface area contributed by atoms with Crippen molar-refractivity contribution in [1.29, 1.82) is 5.26 Å². The largest absolute Gasteiger partial charge is 0.508 e. The Kier molecular flexibility index (Phi) is 2.81. The highest BCUT2D eigenvalue weighted by Gasteiger charge is 2.38. The molecule has 0 saturated heterocycles. The molecular formula is C17H12N4O2. The SMILES string of the molecule is N#CC1C(=O)Nc2nc3ccccc3n2C1c1ccc(O)cc1. The van der Waals surface area contributed by atoms with Crippen molar-refractivity contribution in [1.82, 2.24) is 9.55 Å².